The molecule has 0 aliphatic carbocycles. The predicted molar refractivity (Wildman–Crippen MR) is 94.5 cm³/mol. The molecule has 118 valence electrons. The van der Waals surface area contributed by atoms with Crippen LogP contribution in [-0.4, -0.2) is 6.61 Å². The Bertz CT molecular complexity index is 501. The summed E-state index contributed by atoms with van der Waals surface area (Å²) in [6.45, 7) is 3.07. The Balaban J connectivity index is 1.56. The molecule has 0 amide bonds. The van der Waals surface area contributed by atoms with Gasteiger partial charge in [-0.25, -0.2) is 0 Å². The van der Waals surface area contributed by atoms with Gasteiger partial charge in [-0.3, -0.25) is 0 Å². The van der Waals surface area contributed by atoms with Crippen molar-refractivity contribution in [3.05, 3.63) is 65.7 Å². The van der Waals surface area contributed by atoms with Crippen molar-refractivity contribution in [3.63, 3.8) is 0 Å². The Labute approximate surface area is 135 Å². The van der Waals surface area contributed by atoms with Gasteiger partial charge in [-0.2, -0.15) is 0 Å². The molecule has 0 fully saturated rings. The predicted octanol–water partition coefficient (Wildman–Crippen LogP) is 5.82. The van der Waals surface area contributed by atoms with Crippen molar-refractivity contribution in [2.24, 2.45) is 0 Å². The van der Waals surface area contributed by atoms with Crippen LogP contribution in [0.15, 0.2) is 54.6 Å². The number of benzene rings is 2. The van der Waals surface area contributed by atoms with Crippen molar-refractivity contribution in [2.75, 3.05) is 6.61 Å². The highest BCUT2D eigenvalue weighted by Crippen LogP contribution is 2.12. The summed E-state index contributed by atoms with van der Waals surface area (Å²) >= 11 is 0. The van der Waals surface area contributed by atoms with E-state index in [1.165, 1.54) is 49.7 Å². The molecule has 0 N–H and O–H groups in total. The number of hydrogen-bond acceptors (Lipinski definition) is 1. The molecule has 0 saturated carbocycles. The summed E-state index contributed by atoms with van der Waals surface area (Å²) in [6.07, 6.45) is 8.56. The summed E-state index contributed by atoms with van der Waals surface area (Å²) in [4.78, 5) is 0. The third-order valence-electron chi connectivity index (χ3n) is 3.96. The average molecular weight is 296 g/mol. The lowest BCUT2D eigenvalue weighted by atomic mass is 10.0. The van der Waals surface area contributed by atoms with Gasteiger partial charge in [0.1, 0.15) is 5.75 Å². The zero-order chi connectivity index (χ0) is 15.5. The molecule has 0 atom stereocenters. The standard InChI is InChI=1S/C21H28O/c1-2-3-10-19-14-16-20(17-15-19)11-6-5-9-18-22-21-12-7-4-8-13-21/h4,7-8,12-17H,2-3,5-6,9-11,18H2,1H3. The fourth-order valence-electron chi connectivity index (χ4n) is 2.57. The normalized spacial score (nSPS) is 10.6. The van der Waals surface area contributed by atoms with Gasteiger partial charge in [0.05, 0.1) is 6.61 Å². The molecule has 0 unspecified atom stereocenters. The van der Waals surface area contributed by atoms with Crippen molar-refractivity contribution >= 4 is 0 Å². The van der Waals surface area contributed by atoms with Crippen molar-refractivity contribution in [3.8, 4) is 5.75 Å². The van der Waals surface area contributed by atoms with Crippen LogP contribution in [0.5, 0.6) is 5.75 Å². The highest BCUT2D eigenvalue weighted by atomic mass is 16.5. The Morgan fingerprint density at radius 2 is 1.32 bits per heavy atom. The van der Waals surface area contributed by atoms with Crippen LogP contribution in [0.25, 0.3) is 0 Å². The minimum atomic E-state index is 0.819. The molecule has 0 heterocycles. The van der Waals surface area contributed by atoms with Gasteiger partial charge in [0.25, 0.3) is 0 Å². The van der Waals surface area contributed by atoms with Crippen LogP contribution < -0.4 is 4.74 Å². The molecule has 0 radical (unpaired) electrons. The summed E-state index contributed by atoms with van der Waals surface area (Å²) < 4.78 is 5.71. The summed E-state index contributed by atoms with van der Waals surface area (Å²) in [5.41, 5.74) is 2.94. The molecule has 0 aromatic heterocycles. The molecular weight excluding hydrogens is 268 g/mol. The zero-order valence-corrected chi connectivity index (χ0v) is 13.8. The van der Waals surface area contributed by atoms with Crippen LogP contribution in [0.3, 0.4) is 0 Å². The Morgan fingerprint density at radius 3 is 1.95 bits per heavy atom. The molecule has 0 spiro atoms. The maximum Gasteiger partial charge on any atom is 0.119 e. The summed E-state index contributed by atoms with van der Waals surface area (Å²) in [5, 5.41) is 0. The first kappa shape index (κ1) is 16.6. The van der Waals surface area contributed by atoms with Crippen molar-refractivity contribution in [1.82, 2.24) is 0 Å². The number of unbranched alkanes of at least 4 members (excludes halogenated alkanes) is 3. The van der Waals surface area contributed by atoms with Crippen LogP contribution in [-0.2, 0) is 12.8 Å². The lowest BCUT2D eigenvalue weighted by Gasteiger charge is -2.06. The summed E-state index contributed by atoms with van der Waals surface area (Å²) in [6, 6.07) is 19.3. The van der Waals surface area contributed by atoms with E-state index in [4.69, 9.17) is 4.74 Å². The second kappa shape index (κ2) is 10.0. The van der Waals surface area contributed by atoms with Crippen molar-refractivity contribution in [2.45, 2.75) is 51.9 Å². The van der Waals surface area contributed by atoms with E-state index in [-0.39, 0.29) is 0 Å². The summed E-state index contributed by atoms with van der Waals surface area (Å²) in [7, 11) is 0. The molecule has 1 nitrogen and oxygen atoms in total. The molecule has 0 bridgehead atoms. The first-order valence-corrected chi connectivity index (χ1v) is 8.64. The largest absolute Gasteiger partial charge is 0.494 e. The molecule has 1 heteroatoms. The van der Waals surface area contributed by atoms with Crippen molar-refractivity contribution < 1.29 is 4.74 Å². The van der Waals surface area contributed by atoms with Gasteiger partial charge < -0.3 is 4.74 Å². The minimum absolute atomic E-state index is 0.819. The number of hydrogen-bond donors (Lipinski definition) is 0. The molecular formula is C21H28O. The van der Waals surface area contributed by atoms with Crippen LogP contribution in [0.2, 0.25) is 0 Å². The number of aryl methyl sites for hydroxylation is 2. The Kier molecular flexibility index (Phi) is 7.59. The molecule has 0 aliphatic heterocycles. The molecule has 2 rings (SSSR count). The fraction of sp³-hybridized carbons (Fsp3) is 0.429. The van der Waals surface area contributed by atoms with Crippen LogP contribution >= 0.6 is 0 Å². The Hall–Kier alpha value is -1.76. The maximum atomic E-state index is 5.71. The van der Waals surface area contributed by atoms with Gasteiger partial charge in [-0.1, -0.05) is 55.8 Å². The van der Waals surface area contributed by atoms with Gasteiger partial charge in [-0.05, 0) is 61.8 Å². The smallest absolute Gasteiger partial charge is 0.119 e. The van der Waals surface area contributed by atoms with E-state index in [0.29, 0.717) is 0 Å². The summed E-state index contributed by atoms with van der Waals surface area (Å²) in [5.74, 6) is 0.977. The number of ether oxygens (including phenoxy) is 1. The zero-order valence-electron chi connectivity index (χ0n) is 13.8. The number of rotatable bonds is 10. The topological polar surface area (TPSA) is 9.23 Å². The third kappa shape index (κ3) is 6.34. The lowest BCUT2D eigenvalue weighted by Crippen LogP contribution is -1.97. The second-order valence-corrected chi connectivity index (χ2v) is 5.89. The third-order valence-corrected chi connectivity index (χ3v) is 3.96. The van der Waals surface area contributed by atoms with E-state index in [0.717, 1.165) is 18.8 Å². The van der Waals surface area contributed by atoms with E-state index in [2.05, 4.69) is 31.2 Å². The minimum Gasteiger partial charge on any atom is -0.494 e. The molecule has 2 aromatic carbocycles. The van der Waals surface area contributed by atoms with Crippen LogP contribution in [0, 0.1) is 0 Å². The van der Waals surface area contributed by atoms with E-state index in [1.54, 1.807) is 0 Å². The van der Waals surface area contributed by atoms with Gasteiger partial charge in [0.2, 0.25) is 0 Å². The van der Waals surface area contributed by atoms with E-state index < -0.39 is 0 Å². The van der Waals surface area contributed by atoms with Gasteiger partial charge in [0.15, 0.2) is 0 Å². The van der Waals surface area contributed by atoms with Crippen LogP contribution in [0.4, 0.5) is 0 Å². The van der Waals surface area contributed by atoms with Crippen LogP contribution in [0.1, 0.15) is 50.2 Å². The monoisotopic (exact) mass is 296 g/mol. The molecule has 0 saturated heterocycles. The SMILES string of the molecule is CCCCc1ccc(CCCCCOc2ccccc2)cc1. The van der Waals surface area contributed by atoms with E-state index >= 15 is 0 Å². The average Bonchev–Trinajstić information content (AvgIpc) is 2.58. The maximum absolute atomic E-state index is 5.71. The molecule has 0 aliphatic rings. The lowest BCUT2D eigenvalue weighted by molar-refractivity contribution is 0.305. The van der Waals surface area contributed by atoms with E-state index in [1.807, 2.05) is 30.3 Å². The van der Waals surface area contributed by atoms with Gasteiger partial charge in [-0.15, -0.1) is 0 Å². The van der Waals surface area contributed by atoms with Crippen molar-refractivity contribution in [1.29, 1.82) is 0 Å². The van der Waals surface area contributed by atoms with Gasteiger partial charge >= 0.3 is 0 Å². The second-order valence-electron chi connectivity index (χ2n) is 5.89. The van der Waals surface area contributed by atoms with E-state index in [9.17, 15) is 0 Å². The Morgan fingerprint density at radius 1 is 0.682 bits per heavy atom. The highest BCUT2D eigenvalue weighted by molar-refractivity contribution is 5.23. The van der Waals surface area contributed by atoms with Gasteiger partial charge in [0, 0.05) is 0 Å². The molecule has 2 aromatic rings. The first-order valence-electron chi connectivity index (χ1n) is 8.64. The number of para-hydroxylation sites is 1. The fourth-order valence-corrected chi connectivity index (χ4v) is 2.57. The molecule has 22 heavy (non-hydrogen) atoms. The first-order chi connectivity index (χ1) is 10.9. The quantitative estimate of drug-likeness (QED) is 0.502. The highest BCUT2D eigenvalue weighted by Gasteiger charge is 1.97.